The first-order valence-corrected chi connectivity index (χ1v) is 12.6. The Morgan fingerprint density at radius 2 is 1.77 bits per heavy atom. The van der Waals surface area contributed by atoms with Crippen LogP contribution < -0.4 is 5.32 Å². The summed E-state index contributed by atoms with van der Waals surface area (Å²) in [6.07, 6.45) is 4.38. The summed E-state index contributed by atoms with van der Waals surface area (Å²) in [5.74, 6) is 1.13. The van der Waals surface area contributed by atoms with Gasteiger partial charge in [0.25, 0.3) is 0 Å². The maximum Gasteiger partial charge on any atom is 0.126 e. The van der Waals surface area contributed by atoms with Crippen molar-refractivity contribution in [2.75, 3.05) is 25.0 Å². The maximum atomic E-state index is 11.0. The van der Waals surface area contributed by atoms with Gasteiger partial charge in [0.2, 0.25) is 0 Å². The number of aliphatic hydroxyl groups is 1. The average molecular weight is 470 g/mol. The van der Waals surface area contributed by atoms with Crippen LogP contribution in [0.5, 0.6) is 0 Å². The molecular weight excluding hydrogens is 434 g/mol. The lowest BCUT2D eigenvalue weighted by molar-refractivity contribution is 0.0475. The third-order valence-electron chi connectivity index (χ3n) is 7.35. The number of benzene rings is 2. The molecule has 2 aromatic heterocycles. The Hall–Kier alpha value is -3.22. The summed E-state index contributed by atoms with van der Waals surface area (Å²) in [5, 5.41) is 14.5. The zero-order valence-corrected chi connectivity index (χ0v) is 20.9. The summed E-state index contributed by atoms with van der Waals surface area (Å²) in [6.45, 7) is 7.88. The fourth-order valence-corrected chi connectivity index (χ4v) is 5.18. The van der Waals surface area contributed by atoms with E-state index in [0.717, 1.165) is 54.0 Å². The molecule has 35 heavy (non-hydrogen) atoms. The van der Waals surface area contributed by atoms with Crippen molar-refractivity contribution in [3.8, 4) is 11.1 Å². The second-order valence-corrected chi connectivity index (χ2v) is 10.1. The minimum atomic E-state index is -0.380. The minimum absolute atomic E-state index is 0.110. The SMILES string of the molecule is CC(CNc1cc(-c2ccc3ncn(C)c3c2)ccn1)C(O)C(C)CN1CCc2ccccc2C1. The fourth-order valence-electron chi connectivity index (χ4n) is 5.18. The number of nitrogens with zero attached hydrogens (tertiary/aromatic N) is 4. The van der Waals surface area contributed by atoms with E-state index in [1.54, 1.807) is 0 Å². The van der Waals surface area contributed by atoms with Crippen LogP contribution in [0.4, 0.5) is 5.82 Å². The molecule has 0 amide bonds. The summed E-state index contributed by atoms with van der Waals surface area (Å²) in [5.41, 5.74) is 7.23. The molecule has 2 N–H and O–H groups in total. The lowest BCUT2D eigenvalue weighted by atomic mass is 9.91. The molecule has 3 unspecified atom stereocenters. The van der Waals surface area contributed by atoms with Crippen LogP contribution in [0, 0.1) is 11.8 Å². The Labute approximate surface area is 207 Å². The van der Waals surface area contributed by atoms with Gasteiger partial charge in [-0.05, 0) is 64.8 Å². The van der Waals surface area contributed by atoms with Crippen molar-refractivity contribution in [3.05, 3.63) is 78.2 Å². The van der Waals surface area contributed by atoms with Gasteiger partial charge in [0.05, 0.1) is 23.5 Å². The summed E-state index contributed by atoms with van der Waals surface area (Å²) >= 11 is 0. The Kier molecular flexibility index (Phi) is 6.84. The molecule has 2 aromatic carbocycles. The van der Waals surface area contributed by atoms with Gasteiger partial charge in [0.15, 0.2) is 0 Å². The predicted octanol–water partition coefficient (Wildman–Crippen LogP) is 4.74. The van der Waals surface area contributed by atoms with Crippen LogP contribution in [0.1, 0.15) is 25.0 Å². The number of fused-ring (bicyclic) bond motifs is 2. The van der Waals surface area contributed by atoms with Crippen LogP contribution >= 0.6 is 0 Å². The van der Waals surface area contributed by atoms with Crippen LogP contribution in [0.25, 0.3) is 22.2 Å². The Bertz CT molecular complexity index is 1300. The van der Waals surface area contributed by atoms with Crippen molar-refractivity contribution in [2.45, 2.75) is 32.9 Å². The van der Waals surface area contributed by atoms with E-state index in [1.165, 1.54) is 11.1 Å². The smallest absolute Gasteiger partial charge is 0.126 e. The van der Waals surface area contributed by atoms with E-state index in [4.69, 9.17) is 0 Å². The van der Waals surface area contributed by atoms with E-state index < -0.39 is 0 Å². The van der Waals surface area contributed by atoms with Gasteiger partial charge >= 0.3 is 0 Å². The third kappa shape index (κ3) is 5.24. The van der Waals surface area contributed by atoms with Gasteiger partial charge in [-0.3, -0.25) is 4.90 Å². The summed E-state index contributed by atoms with van der Waals surface area (Å²) in [4.78, 5) is 11.4. The monoisotopic (exact) mass is 469 g/mol. The molecule has 3 heterocycles. The van der Waals surface area contributed by atoms with Crippen LogP contribution in [0.15, 0.2) is 67.1 Å². The van der Waals surface area contributed by atoms with Gasteiger partial charge in [-0.1, -0.05) is 44.2 Å². The molecule has 0 bridgehead atoms. The first-order valence-electron chi connectivity index (χ1n) is 12.6. The zero-order chi connectivity index (χ0) is 24.4. The summed E-state index contributed by atoms with van der Waals surface area (Å²) in [7, 11) is 2.01. The van der Waals surface area contributed by atoms with Crippen molar-refractivity contribution in [3.63, 3.8) is 0 Å². The molecule has 1 aliphatic heterocycles. The van der Waals surface area contributed by atoms with Gasteiger partial charge in [-0.15, -0.1) is 0 Å². The van der Waals surface area contributed by atoms with Gasteiger partial charge in [0, 0.05) is 39.4 Å². The number of anilines is 1. The van der Waals surface area contributed by atoms with Crippen LogP contribution in [-0.4, -0.2) is 50.3 Å². The highest BCUT2D eigenvalue weighted by atomic mass is 16.3. The number of hydrogen-bond donors (Lipinski definition) is 2. The highest BCUT2D eigenvalue weighted by Crippen LogP contribution is 2.26. The molecule has 6 heteroatoms. The van der Waals surface area contributed by atoms with Gasteiger partial charge in [-0.2, -0.15) is 0 Å². The van der Waals surface area contributed by atoms with Crippen molar-refractivity contribution >= 4 is 16.9 Å². The van der Waals surface area contributed by atoms with E-state index in [0.29, 0.717) is 6.54 Å². The molecule has 0 fully saturated rings. The minimum Gasteiger partial charge on any atom is -0.392 e. The standard InChI is InChI=1S/C29H35N5O/c1-20(29(35)21(2)17-34-13-11-22-6-4-5-7-25(22)18-34)16-31-28-15-24(10-12-30-28)23-8-9-26-27(14-23)33(3)19-32-26/h4-10,12,14-15,19-21,29,35H,11,13,16-18H2,1-3H3,(H,30,31). The molecule has 0 saturated heterocycles. The summed E-state index contributed by atoms with van der Waals surface area (Å²) in [6, 6.07) is 19.1. The van der Waals surface area contributed by atoms with E-state index in [9.17, 15) is 5.11 Å². The average Bonchev–Trinajstić information content (AvgIpc) is 3.26. The highest BCUT2D eigenvalue weighted by molar-refractivity contribution is 5.82. The molecule has 0 radical (unpaired) electrons. The summed E-state index contributed by atoms with van der Waals surface area (Å²) < 4.78 is 2.03. The number of hydrogen-bond acceptors (Lipinski definition) is 5. The number of imidazole rings is 1. The van der Waals surface area contributed by atoms with Crippen molar-refractivity contribution in [1.82, 2.24) is 19.4 Å². The molecule has 182 valence electrons. The van der Waals surface area contributed by atoms with E-state index >= 15 is 0 Å². The first-order chi connectivity index (χ1) is 17.0. The topological polar surface area (TPSA) is 66.2 Å². The van der Waals surface area contributed by atoms with Crippen molar-refractivity contribution in [1.29, 1.82) is 0 Å². The third-order valence-corrected chi connectivity index (χ3v) is 7.35. The van der Waals surface area contributed by atoms with Gasteiger partial charge in [-0.25, -0.2) is 9.97 Å². The number of aromatic nitrogens is 3. The molecule has 4 aromatic rings. The second-order valence-electron chi connectivity index (χ2n) is 10.1. The Morgan fingerprint density at radius 1 is 0.971 bits per heavy atom. The molecule has 1 aliphatic rings. The van der Waals surface area contributed by atoms with Crippen LogP contribution in [-0.2, 0) is 20.0 Å². The van der Waals surface area contributed by atoms with E-state index in [1.807, 2.05) is 30.2 Å². The molecule has 5 rings (SSSR count). The molecule has 3 atom stereocenters. The number of nitrogens with one attached hydrogen (secondary N) is 1. The number of aliphatic hydroxyl groups excluding tert-OH is 1. The molecule has 0 saturated carbocycles. The van der Waals surface area contributed by atoms with E-state index in [-0.39, 0.29) is 17.9 Å². The van der Waals surface area contributed by atoms with Crippen LogP contribution in [0.2, 0.25) is 0 Å². The lowest BCUT2D eigenvalue weighted by Crippen LogP contribution is -2.40. The second kappa shape index (κ2) is 10.2. The predicted molar refractivity (Wildman–Crippen MR) is 142 cm³/mol. The highest BCUT2D eigenvalue weighted by Gasteiger charge is 2.25. The lowest BCUT2D eigenvalue weighted by Gasteiger charge is -2.33. The van der Waals surface area contributed by atoms with Gasteiger partial charge in [0.1, 0.15) is 5.82 Å². The largest absolute Gasteiger partial charge is 0.392 e. The van der Waals surface area contributed by atoms with Crippen molar-refractivity contribution in [2.24, 2.45) is 18.9 Å². The number of rotatable bonds is 8. The van der Waals surface area contributed by atoms with Crippen molar-refractivity contribution < 1.29 is 5.11 Å². The Balaban J connectivity index is 1.17. The Morgan fingerprint density at radius 3 is 2.63 bits per heavy atom. The number of aryl methyl sites for hydroxylation is 1. The van der Waals surface area contributed by atoms with Crippen LogP contribution in [0.3, 0.4) is 0 Å². The van der Waals surface area contributed by atoms with Gasteiger partial charge < -0.3 is 15.0 Å². The first kappa shape index (κ1) is 23.5. The molecule has 0 aliphatic carbocycles. The fraction of sp³-hybridized carbons (Fsp3) is 0.379. The maximum absolute atomic E-state index is 11.0. The molecule has 0 spiro atoms. The quantitative estimate of drug-likeness (QED) is 0.390. The molecule has 6 nitrogen and oxygen atoms in total. The molecular formula is C29H35N5O. The number of pyridine rings is 1. The normalized spacial score (nSPS) is 16.6. The van der Waals surface area contributed by atoms with E-state index in [2.05, 4.69) is 82.6 Å². The zero-order valence-electron chi connectivity index (χ0n) is 20.9.